The molecular formula is C16H24BrNO. The van der Waals surface area contributed by atoms with Gasteiger partial charge in [0.05, 0.1) is 6.61 Å². The van der Waals surface area contributed by atoms with E-state index in [1.54, 1.807) is 7.11 Å². The molecule has 1 fully saturated rings. The van der Waals surface area contributed by atoms with Gasteiger partial charge in [0, 0.05) is 29.4 Å². The lowest BCUT2D eigenvalue weighted by atomic mass is 9.83. The van der Waals surface area contributed by atoms with E-state index in [0.717, 1.165) is 22.9 Å². The van der Waals surface area contributed by atoms with Gasteiger partial charge in [-0.25, -0.2) is 0 Å². The number of halogens is 1. The number of methoxy groups -OCH3 is 1. The Labute approximate surface area is 125 Å². The molecule has 3 heteroatoms. The van der Waals surface area contributed by atoms with Crippen LogP contribution in [0.2, 0.25) is 0 Å². The van der Waals surface area contributed by atoms with Crippen molar-refractivity contribution in [3.05, 3.63) is 28.2 Å². The van der Waals surface area contributed by atoms with Gasteiger partial charge in [-0.1, -0.05) is 41.8 Å². The van der Waals surface area contributed by atoms with Gasteiger partial charge in [-0.3, -0.25) is 0 Å². The average Bonchev–Trinajstić information content (AvgIpc) is 2.41. The van der Waals surface area contributed by atoms with E-state index in [1.807, 2.05) is 0 Å². The first-order valence-corrected chi connectivity index (χ1v) is 8.00. The Morgan fingerprint density at radius 1 is 1.26 bits per heavy atom. The van der Waals surface area contributed by atoms with E-state index in [4.69, 9.17) is 4.74 Å². The van der Waals surface area contributed by atoms with E-state index in [0.29, 0.717) is 6.61 Å². The Morgan fingerprint density at radius 2 is 2.00 bits per heavy atom. The molecule has 1 aromatic carbocycles. The number of anilines is 1. The number of ether oxygens (including phenoxy) is 1. The van der Waals surface area contributed by atoms with Gasteiger partial charge < -0.3 is 10.1 Å². The van der Waals surface area contributed by atoms with Crippen LogP contribution in [0.1, 0.15) is 38.2 Å². The van der Waals surface area contributed by atoms with Gasteiger partial charge in [0.2, 0.25) is 0 Å². The lowest BCUT2D eigenvalue weighted by Gasteiger charge is -2.27. The number of benzene rings is 1. The van der Waals surface area contributed by atoms with Crippen molar-refractivity contribution in [2.45, 2.75) is 39.2 Å². The van der Waals surface area contributed by atoms with Crippen molar-refractivity contribution in [3.63, 3.8) is 0 Å². The molecule has 2 rings (SSSR count). The van der Waals surface area contributed by atoms with Gasteiger partial charge in [0.1, 0.15) is 0 Å². The fourth-order valence-corrected chi connectivity index (χ4v) is 3.28. The SMILES string of the molecule is COCc1c(Br)cccc1NCC1CCC(C)CC1. The molecule has 1 N–H and O–H groups in total. The molecule has 0 spiro atoms. The van der Waals surface area contributed by atoms with Crippen LogP contribution in [0.4, 0.5) is 5.69 Å². The molecule has 0 unspecified atom stereocenters. The van der Waals surface area contributed by atoms with Crippen LogP contribution >= 0.6 is 15.9 Å². The third-order valence-electron chi connectivity index (χ3n) is 4.12. The predicted molar refractivity (Wildman–Crippen MR) is 84.5 cm³/mol. The highest BCUT2D eigenvalue weighted by Gasteiger charge is 2.18. The Kier molecular flexibility index (Phi) is 5.71. The fourth-order valence-electron chi connectivity index (χ4n) is 2.80. The second-order valence-corrected chi connectivity index (χ2v) is 6.56. The summed E-state index contributed by atoms with van der Waals surface area (Å²) in [5.41, 5.74) is 2.42. The quantitative estimate of drug-likeness (QED) is 0.836. The monoisotopic (exact) mass is 325 g/mol. The van der Waals surface area contributed by atoms with Crippen LogP contribution in [0.3, 0.4) is 0 Å². The van der Waals surface area contributed by atoms with Crippen LogP contribution in [-0.4, -0.2) is 13.7 Å². The highest BCUT2D eigenvalue weighted by Crippen LogP contribution is 2.30. The zero-order valence-electron chi connectivity index (χ0n) is 11.9. The van der Waals surface area contributed by atoms with Crippen molar-refractivity contribution in [1.29, 1.82) is 0 Å². The molecule has 0 atom stereocenters. The van der Waals surface area contributed by atoms with Crippen LogP contribution in [-0.2, 0) is 11.3 Å². The van der Waals surface area contributed by atoms with Gasteiger partial charge in [-0.15, -0.1) is 0 Å². The molecule has 0 saturated heterocycles. The largest absolute Gasteiger partial charge is 0.384 e. The minimum absolute atomic E-state index is 0.644. The number of hydrogen-bond donors (Lipinski definition) is 1. The van der Waals surface area contributed by atoms with Gasteiger partial charge in [0.25, 0.3) is 0 Å². The van der Waals surface area contributed by atoms with Crippen LogP contribution in [0, 0.1) is 11.8 Å². The van der Waals surface area contributed by atoms with E-state index >= 15 is 0 Å². The highest BCUT2D eigenvalue weighted by atomic mass is 79.9. The number of rotatable bonds is 5. The van der Waals surface area contributed by atoms with Crippen molar-refractivity contribution in [2.24, 2.45) is 11.8 Å². The molecule has 1 aliphatic carbocycles. The number of hydrogen-bond acceptors (Lipinski definition) is 2. The molecule has 1 aliphatic rings. The van der Waals surface area contributed by atoms with E-state index < -0.39 is 0 Å². The summed E-state index contributed by atoms with van der Waals surface area (Å²) in [5.74, 6) is 1.75. The summed E-state index contributed by atoms with van der Waals surface area (Å²) in [6.45, 7) is 4.10. The molecule has 1 aromatic rings. The smallest absolute Gasteiger partial charge is 0.0744 e. The zero-order chi connectivity index (χ0) is 13.7. The third kappa shape index (κ3) is 4.22. The maximum atomic E-state index is 5.29. The minimum Gasteiger partial charge on any atom is -0.384 e. The second-order valence-electron chi connectivity index (χ2n) is 5.71. The summed E-state index contributed by atoms with van der Waals surface area (Å²) < 4.78 is 6.41. The summed E-state index contributed by atoms with van der Waals surface area (Å²) in [5, 5.41) is 3.61. The van der Waals surface area contributed by atoms with Gasteiger partial charge >= 0.3 is 0 Å². The molecular weight excluding hydrogens is 302 g/mol. The summed E-state index contributed by atoms with van der Waals surface area (Å²) in [7, 11) is 1.74. The van der Waals surface area contributed by atoms with Crippen molar-refractivity contribution in [2.75, 3.05) is 19.0 Å². The normalized spacial score (nSPS) is 23.3. The maximum absolute atomic E-state index is 5.29. The maximum Gasteiger partial charge on any atom is 0.0744 e. The Balaban J connectivity index is 1.93. The van der Waals surface area contributed by atoms with Crippen LogP contribution in [0.25, 0.3) is 0 Å². The molecule has 1 saturated carbocycles. The standard InChI is InChI=1S/C16H24BrNO/c1-12-6-8-13(9-7-12)10-18-16-5-3-4-15(17)14(16)11-19-2/h3-5,12-13,18H,6-11H2,1-2H3. The lowest BCUT2D eigenvalue weighted by molar-refractivity contribution is 0.185. The molecule has 0 heterocycles. The van der Waals surface area contributed by atoms with Crippen molar-refractivity contribution in [3.8, 4) is 0 Å². The first-order chi connectivity index (χ1) is 9.20. The third-order valence-corrected chi connectivity index (χ3v) is 4.87. The zero-order valence-corrected chi connectivity index (χ0v) is 13.5. The van der Waals surface area contributed by atoms with Crippen LogP contribution in [0.5, 0.6) is 0 Å². The Hall–Kier alpha value is -0.540. The Morgan fingerprint density at radius 3 is 2.68 bits per heavy atom. The Bertz CT molecular complexity index is 400. The average molecular weight is 326 g/mol. The molecule has 0 aliphatic heterocycles. The van der Waals surface area contributed by atoms with Gasteiger partial charge in [-0.05, 0) is 36.8 Å². The molecule has 2 nitrogen and oxygen atoms in total. The van der Waals surface area contributed by atoms with E-state index in [-0.39, 0.29) is 0 Å². The highest BCUT2D eigenvalue weighted by molar-refractivity contribution is 9.10. The van der Waals surface area contributed by atoms with Crippen molar-refractivity contribution < 1.29 is 4.74 Å². The molecule has 19 heavy (non-hydrogen) atoms. The summed E-state index contributed by atoms with van der Waals surface area (Å²) in [6, 6.07) is 6.29. The first-order valence-electron chi connectivity index (χ1n) is 7.21. The second kappa shape index (κ2) is 7.30. The van der Waals surface area contributed by atoms with E-state index in [2.05, 4.69) is 46.4 Å². The van der Waals surface area contributed by atoms with Gasteiger partial charge in [-0.2, -0.15) is 0 Å². The lowest BCUT2D eigenvalue weighted by Crippen LogP contribution is -2.20. The number of nitrogens with one attached hydrogen (secondary N) is 1. The van der Waals surface area contributed by atoms with Crippen molar-refractivity contribution >= 4 is 21.6 Å². The molecule has 0 amide bonds. The molecule has 0 radical (unpaired) electrons. The van der Waals surface area contributed by atoms with Crippen LogP contribution in [0.15, 0.2) is 22.7 Å². The topological polar surface area (TPSA) is 21.3 Å². The molecule has 0 bridgehead atoms. The van der Waals surface area contributed by atoms with E-state index in [1.165, 1.54) is 36.9 Å². The van der Waals surface area contributed by atoms with Crippen LogP contribution < -0.4 is 5.32 Å². The van der Waals surface area contributed by atoms with Crippen molar-refractivity contribution in [1.82, 2.24) is 0 Å². The fraction of sp³-hybridized carbons (Fsp3) is 0.625. The summed E-state index contributed by atoms with van der Waals surface area (Å²) >= 11 is 3.60. The molecule has 0 aromatic heterocycles. The minimum atomic E-state index is 0.644. The van der Waals surface area contributed by atoms with E-state index in [9.17, 15) is 0 Å². The first kappa shape index (κ1) is 14.9. The predicted octanol–water partition coefficient (Wildman–Crippen LogP) is 4.83. The summed E-state index contributed by atoms with van der Waals surface area (Å²) in [4.78, 5) is 0. The summed E-state index contributed by atoms with van der Waals surface area (Å²) in [6.07, 6.45) is 5.50. The van der Waals surface area contributed by atoms with Gasteiger partial charge in [0.15, 0.2) is 0 Å². The molecule has 106 valence electrons.